The maximum atomic E-state index is 6.78. The van der Waals surface area contributed by atoms with Crippen LogP contribution in [0.4, 0.5) is 17.1 Å². The molecule has 0 N–H and O–H groups in total. The van der Waals surface area contributed by atoms with Gasteiger partial charge in [-0.2, -0.15) is 0 Å². The average molecular weight is 856 g/mol. The summed E-state index contributed by atoms with van der Waals surface area (Å²) in [5.74, 6) is 0. The van der Waals surface area contributed by atoms with Gasteiger partial charge >= 0.3 is 0 Å². The number of hydrogen-bond donors (Lipinski definition) is 0. The molecule has 3 aliphatic rings. The van der Waals surface area contributed by atoms with Crippen molar-refractivity contribution >= 4 is 60.9 Å². The lowest BCUT2D eigenvalue weighted by Crippen LogP contribution is -2.29. The summed E-state index contributed by atoms with van der Waals surface area (Å²) >= 11 is 0. The smallest absolute Gasteiger partial charge is 0.135 e. The fraction of sp³-hybridized carbons (Fsp3) is 0.0625. The predicted molar refractivity (Wildman–Crippen MR) is 275 cm³/mol. The van der Waals surface area contributed by atoms with E-state index in [1.165, 1.54) is 77.9 Å². The molecule has 314 valence electrons. The summed E-state index contributed by atoms with van der Waals surface area (Å²) < 4.78 is 13.2. The van der Waals surface area contributed by atoms with Crippen LogP contribution < -0.4 is 4.90 Å². The number of fused-ring (bicyclic) bond motifs is 21. The van der Waals surface area contributed by atoms with Crippen LogP contribution in [0.15, 0.2) is 221 Å². The molecule has 1 unspecified atom stereocenters. The molecular weight excluding hydrogens is 815 g/mol. The first-order chi connectivity index (χ1) is 33.0. The van der Waals surface area contributed by atoms with E-state index in [2.05, 4.69) is 225 Å². The molecule has 2 aromatic heterocycles. The molecule has 0 saturated carbocycles. The van der Waals surface area contributed by atoms with Crippen molar-refractivity contribution in [1.82, 2.24) is 0 Å². The van der Waals surface area contributed by atoms with Crippen LogP contribution in [0.2, 0.25) is 0 Å². The Balaban J connectivity index is 1.06. The van der Waals surface area contributed by atoms with E-state index in [1.807, 2.05) is 6.07 Å². The minimum atomic E-state index is -0.710. The van der Waals surface area contributed by atoms with Crippen molar-refractivity contribution in [3.63, 3.8) is 0 Å². The van der Waals surface area contributed by atoms with Crippen molar-refractivity contribution in [2.24, 2.45) is 0 Å². The van der Waals surface area contributed by atoms with E-state index in [-0.39, 0.29) is 5.41 Å². The van der Waals surface area contributed by atoms with Crippen LogP contribution in [-0.2, 0) is 10.8 Å². The molecule has 0 amide bonds. The Bertz CT molecular complexity index is 4110. The second-order valence-corrected chi connectivity index (χ2v) is 19.1. The summed E-state index contributed by atoms with van der Waals surface area (Å²) in [5.41, 5.74) is 23.6. The first-order valence-electron chi connectivity index (χ1n) is 23.3. The lowest BCUT2D eigenvalue weighted by molar-refractivity contribution is 0.660. The van der Waals surface area contributed by atoms with E-state index < -0.39 is 5.41 Å². The van der Waals surface area contributed by atoms with E-state index in [0.717, 1.165) is 60.9 Å². The zero-order valence-electron chi connectivity index (χ0n) is 37.0. The van der Waals surface area contributed by atoms with Crippen molar-refractivity contribution < 1.29 is 8.83 Å². The molecule has 3 nitrogen and oxygen atoms in total. The van der Waals surface area contributed by atoms with Gasteiger partial charge in [0, 0.05) is 44.0 Å². The quantitative estimate of drug-likeness (QED) is 0.177. The van der Waals surface area contributed by atoms with Crippen LogP contribution in [0.1, 0.15) is 47.2 Å². The van der Waals surface area contributed by atoms with Gasteiger partial charge in [-0.1, -0.05) is 159 Å². The van der Waals surface area contributed by atoms with Gasteiger partial charge in [-0.25, -0.2) is 0 Å². The second-order valence-electron chi connectivity index (χ2n) is 19.1. The summed E-state index contributed by atoms with van der Waals surface area (Å²) in [7, 11) is 0. The van der Waals surface area contributed by atoms with E-state index in [4.69, 9.17) is 8.83 Å². The zero-order chi connectivity index (χ0) is 44.2. The van der Waals surface area contributed by atoms with Crippen molar-refractivity contribution in [2.75, 3.05) is 4.90 Å². The molecule has 0 radical (unpaired) electrons. The van der Waals surface area contributed by atoms with Gasteiger partial charge < -0.3 is 13.7 Å². The normalized spacial score (nSPS) is 15.8. The molecule has 10 aromatic carbocycles. The Kier molecular flexibility index (Phi) is 7.22. The molecular formula is C64H41NO2. The highest BCUT2D eigenvalue weighted by Crippen LogP contribution is 2.63. The number of rotatable bonds is 3. The zero-order valence-corrected chi connectivity index (χ0v) is 37.0. The van der Waals surface area contributed by atoms with Gasteiger partial charge in [0.15, 0.2) is 0 Å². The first-order valence-corrected chi connectivity index (χ1v) is 23.3. The largest absolute Gasteiger partial charge is 0.456 e. The minimum absolute atomic E-state index is 0.178. The van der Waals surface area contributed by atoms with Gasteiger partial charge in [-0.05, 0) is 145 Å². The van der Waals surface area contributed by atoms with Gasteiger partial charge in [-0.3, -0.25) is 0 Å². The van der Waals surface area contributed by atoms with Crippen LogP contribution in [0.25, 0.3) is 88.4 Å². The summed E-state index contributed by atoms with van der Waals surface area (Å²) in [6.45, 7) is 4.73. The molecule has 0 fully saturated rings. The third-order valence-electron chi connectivity index (χ3n) is 15.5. The van der Waals surface area contributed by atoms with Crippen LogP contribution in [-0.4, -0.2) is 0 Å². The minimum Gasteiger partial charge on any atom is -0.456 e. The number of anilines is 3. The molecule has 0 saturated heterocycles. The molecule has 12 aromatic rings. The monoisotopic (exact) mass is 855 g/mol. The predicted octanol–water partition coefficient (Wildman–Crippen LogP) is 17.3. The fourth-order valence-electron chi connectivity index (χ4n) is 12.6. The van der Waals surface area contributed by atoms with Gasteiger partial charge in [0.05, 0.1) is 5.41 Å². The third kappa shape index (κ3) is 4.80. The van der Waals surface area contributed by atoms with E-state index in [9.17, 15) is 0 Å². The van der Waals surface area contributed by atoms with Crippen LogP contribution in [0, 0.1) is 0 Å². The van der Waals surface area contributed by atoms with Crippen molar-refractivity contribution in [3.8, 4) is 44.5 Å². The lowest BCUT2D eigenvalue weighted by Gasteiger charge is -2.36. The lowest BCUT2D eigenvalue weighted by atomic mass is 9.65. The summed E-state index contributed by atoms with van der Waals surface area (Å²) in [4.78, 5) is 2.47. The number of nitrogens with zero attached hydrogens (tertiary/aromatic N) is 1. The first kappa shape index (κ1) is 36.9. The fourth-order valence-corrected chi connectivity index (χ4v) is 12.6. The Morgan fingerprint density at radius 1 is 0.284 bits per heavy atom. The molecule has 1 spiro atoms. The molecule has 2 heterocycles. The molecule has 3 aliphatic carbocycles. The average Bonchev–Trinajstić information content (AvgIpc) is 4.06. The second kappa shape index (κ2) is 13.1. The molecule has 1 atom stereocenters. The van der Waals surface area contributed by atoms with Crippen LogP contribution >= 0.6 is 0 Å². The molecule has 67 heavy (non-hydrogen) atoms. The maximum Gasteiger partial charge on any atom is 0.135 e. The Morgan fingerprint density at radius 3 is 1.36 bits per heavy atom. The van der Waals surface area contributed by atoms with Gasteiger partial charge in [0.2, 0.25) is 0 Å². The third-order valence-corrected chi connectivity index (χ3v) is 15.5. The van der Waals surface area contributed by atoms with Gasteiger partial charge in [0.1, 0.15) is 22.3 Å². The Hall–Kier alpha value is -8.40. The van der Waals surface area contributed by atoms with Gasteiger partial charge in [-0.15, -0.1) is 0 Å². The summed E-state index contributed by atoms with van der Waals surface area (Å²) in [6, 6.07) is 78.7. The topological polar surface area (TPSA) is 29.5 Å². The van der Waals surface area contributed by atoms with Crippen molar-refractivity contribution in [2.45, 2.75) is 24.7 Å². The highest BCUT2D eigenvalue weighted by molar-refractivity contribution is 6.10. The summed E-state index contributed by atoms with van der Waals surface area (Å²) in [5, 5.41) is 4.47. The molecule has 0 aliphatic heterocycles. The van der Waals surface area contributed by atoms with Crippen LogP contribution in [0.5, 0.6) is 0 Å². The Morgan fingerprint density at radius 2 is 0.701 bits per heavy atom. The number of benzene rings is 10. The highest BCUT2D eigenvalue weighted by atomic mass is 16.3. The SMILES string of the molecule is CC1(C)c2ccccc2-c2ccc(N(c3ccc4c(c3)C3(c5ccccc5-c5ccccc5-4)c4ccccc4-c4cc5c(cc43)oc3ccccc35)c3ccc4oc5ccccc5c4c3)cc21. The van der Waals surface area contributed by atoms with E-state index >= 15 is 0 Å². The maximum absolute atomic E-state index is 6.78. The number of hydrogen-bond acceptors (Lipinski definition) is 3. The van der Waals surface area contributed by atoms with Crippen molar-refractivity contribution in [3.05, 3.63) is 246 Å². The van der Waals surface area contributed by atoms with Crippen molar-refractivity contribution in [1.29, 1.82) is 0 Å². The Labute approximate surface area is 387 Å². The van der Waals surface area contributed by atoms with Crippen LogP contribution in [0.3, 0.4) is 0 Å². The number of para-hydroxylation sites is 2. The van der Waals surface area contributed by atoms with Gasteiger partial charge in [0.25, 0.3) is 0 Å². The van der Waals surface area contributed by atoms with E-state index in [1.54, 1.807) is 0 Å². The summed E-state index contributed by atoms with van der Waals surface area (Å²) in [6.07, 6.45) is 0. The highest BCUT2D eigenvalue weighted by Gasteiger charge is 2.50. The number of furan rings is 2. The molecule has 3 heteroatoms. The molecule has 15 rings (SSSR count). The van der Waals surface area contributed by atoms with E-state index in [0.29, 0.717) is 0 Å². The standard InChI is InChI=1S/C64H41NO2/c1-63(2)53-22-10-5-18-44(53)47-31-28-39(34-56(47)63)65(38-29-32-61-51(33-38)48-20-8-13-25-59(48)66-61)40-27-30-46-42-16-4-3-15-41(42)43-17-6-11-23-54(43)64(57(46)35-40)55-24-12-7-19-45(55)50-36-52-49-21-9-14-26-60(49)67-62(52)37-58(50)64/h3-37H,1-2H3. The molecule has 0 bridgehead atoms.